The Morgan fingerprint density at radius 1 is 0.917 bits per heavy atom. The zero-order valence-corrected chi connectivity index (χ0v) is 20.7. The van der Waals surface area contributed by atoms with E-state index in [1.165, 1.54) is 13.8 Å². The molecule has 0 aliphatic carbocycles. The third-order valence-electron chi connectivity index (χ3n) is 5.83. The van der Waals surface area contributed by atoms with E-state index in [-0.39, 0.29) is 11.8 Å². The van der Waals surface area contributed by atoms with Gasteiger partial charge in [-0.05, 0) is 55.5 Å². The number of ether oxygens (including phenoxy) is 2. The first kappa shape index (κ1) is 25.1. The van der Waals surface area contributed by atoms with Crippen molar-refractivity contribution in [3.05, 3.63) is 54.0 Å². The smallest absolute Gasteiger partial charge is 0.216 e. The normalized spacial score (nSPS) is 11.1. The number of furan rings is 1. The summed E-state index contributed by atoms with van der Waals surface area (Å²) >= 11 is 0. The number of benzene rings is 1. The number of H-pyrrole nitrogens is 1. The molecule has 3 aromatic heterocycles. The van der Waals surface area contributed by atoms with E-state index in [4.69, 9.17) is 13.9 Å². The molecule has 0 spiro atoms. The van der Waals surface area contributed by atoms with Crippen molar-refractivity contribution in [2.24, 2.45) is 0 Å². The van der Waals surface area contributed by atoms with Gasteiger partial charge in [-0.25, -0.2) is 4.98 Å². The van der Waals surface area contributed by atoms with Crippen LogP contribution in [0.3, 0.4) is 0 Å². The number of amides is 2. The van der Waals surface area contributed by atoms with Crippen molar-refractivity contribution in [3.63, 3.8) is 0 Å². The van der Waals surface area contributed by atoms with Crippen molar-refractivity contribution in [2.75, 3.05) is 26.3 Å². The average molecular weight is 493 g/mol. The summed E-state index contributed by atoms with van der Waals surface area (Å²) < 4.78 is 17.5. The second-order valence-corrected chi connectivity index (χ2v) is 8.67. The molecule has 9 nitrogen and oxygen atoms in total. The number of rotatable bonds is 13. The number of aromatic nitrogens is 2. The van der Waals surface area contributed by atoms with Crippen LogP contribution in [0.5, 0.6) is 11.5 Å². The molecule has 0 saturated heterocycles. The van der Waals surface area contributed by atoms with Crippen LogP contribution in [0.15, 0.2) is 47.3 Å². The van der Waals surface area contributed by atoms with E-state index in [0.29, 0.717) is 32.7 Å². The van der Waals surface area contributed by atoms with E-state index < -0.39 is 0 Å². The second-order valence-electron chi connectivity index (χ2n) is 8.67. The standard InChI is InChI=1S/C27H32N4O5/c1-18(32)28-9-7-20-15-30-27-25(20)14-23(16-31-27)35-12-4-3-11-34-22-5-6-26-24(13-22)21(17-36-26)8-10-29-19(2)33/h5-6,13-17H,3-4,7-12H2,1-2H3,(H,28,32)(H,29,33)(H,30,31). The van der Waals surface area contributed by atoms with Crippen molar-refractivity contribution >= 4 is 33.8 Å². The summed E-state index contributed by atoms with van der Waals surface area (Å²) in [5.74, 6) is 1.44. The lowest BCUT2D eigenvalue weighted by molar-refractivity contribution is -0.119. The minimum Gasteiger partial charge on any atom is -0.494 e. The van der Waals surface area contributed by atoms with Crippen LogP contribution in [-0.4, -0.2) is 48.1 Å². The molecule has 2 amide bonds. The number of carbonyl (C=O) groups is 2. The number of hydrogen-bond acceptors (Lipinski definition) is 6. The molecule has 0 aliphatic rings. The quantitative estimate of drug-likeness (QED) is 0.244. The minimum atomic E-state index is -0.0412. The van der Waals surface area contributed by atoms with Gasteiger partial charge in [-0.2, -0.15) is 0 Å². The molecule has 0 atom stereocenters. The van der Waals surface area contributed by atoms with Gasteiger partial charge in [-0.1, -0.05) is 0 Å². The van der Waals surface area contributed by atoms with Crippen LogP contribution in [-0.2, 0) is 22.4 Å². The van der Waals surface area contributed by atoms with Gasteiger partial charge >= 0.3 is 0 Å². The fourth-order valence-electron chi connectivity index (χ4n) is 4.00. The fraction of sp³-hybridized carbons (Fsp3) is 0.370. The minimum absolute atomic E-state index is 0.0357. The molecule has 4 aromatic rings. The van der Waals surface area contributed by atoms with Crippen molar-refractivity contribution in [3.8, 4) is 11.5 Å². The lowest BCUT2D eigenvalue weighted by Gasteiger charge is -2.08. The molecule has 0 radical (unpaired) electrons. The predicted octanol–water partition coefficient (Wildman–Crippen LogP) is 3.90. The Morgan fingerprint density at radius 3 is 2.31 bits per heavy atom. The van der Waals surface area contributed by atoms with Crippen LogP contribution in [0.4, 0.5) is 0 Å². The van der Waals surface area contributed by atoms with Crippen molar-refractivity contribution in [1.82, 2.24) is 20.6 Å². The second kappa shape index (κ2) is 12.1. The molecule has 9 heteroatoms. The fourth-order valence-corrected chi connectivity index (χ4v) is 4.00. The monoisotopic (exact) mass is 492 g/mol. The Morgan fingerprint density at radius 2 is 1.58 bits per heavy atom. The largest absolute Gasteiger partial charge is 0.494 e. The number of carbonyl (C=O) groups excluding carboxylic acids is 2. The van der Waals surface area contributed by atoms with Crippen LogP contribution in [0.1, 0.15) is 37.8 Å². The van der Waals surface area contributed by atoms with Crippen molar-refractivity contribution in [1.29, 1.82) is 0 Å². The Balaban J connectivity index is 1.21. The average Bonchev–Trinajstić information content (AvgIpc) is 3.44. The highest BCUT2D eigenvalue weighted by Crippen LogP contribution is 2.26. The number of nitrogens with zero attached hydrogens (tertiary/aromatic N) is 1. The molecule has 36 heavy (non-hydrogen) atoms. The molecule has 0 saturated carbocycles. The van der Waals surface area contributed by atoms with Crippen LogP contribution in [0.2, 0.25) is 0 Å². The zero-order chi connectivity index (χ0) is 25.3. The highest BCUT2D eigenvalue weighted by atomic mass is 16.5. The van der Waals surface area contributed by atoms with Gasteiger partial charge in [0, 0.05) is 49.5 Å². The Labute approximate surface area is 209 Å². The molecule has 4 rings (SSSR count). The van der Waals surface area contributed by atoms with Gasteiger partial charge in [0.15, 0.2) is 0 Å². The summed E-state index contributed by atoms with van der Waals surface area (Å²) in [4.78, 5) is 29.8. The maximum atomic E-state index is 11.1. The third-order valence-corrected chi connectivity index (χ3v) is 5.83. The number of hydrogen-bond donors (Lipinski definition) is 3. The van der Waals surface area contributed by atoms with Crippen molar-refractivity contribution < 1.29 is 23.5 Å². The van der Waals surface area contributed by atoms with Gasteiger partial charge in [0.25, 0.3) is 0 Å². The molecular formula is C27H32N4O5. The molecule has 0 aliphatic heterocycles. The van der Waals surface area contributed by atoms with Crippen LogP contribution < -0.4 is 20.1 Å². The number of pyridine rings is 1. The lowest BCUT2D eigenvalue weighted by Crippen LogP contribution is -2.22. The molecule has 0 unspecified atom stereocenters. The molecule has 3 N–H and O–H groups in total. The molecule has 190 valence electrons. The summed E-state index contributed by atoms with van der Waals surface area (Å²) in [5.41, 5.74) is 3.75. The number of aromatic amines is 1. The molecule has 0 fully saturated rings. The summed E-state index contributed by atoms with van der Waals surface area (Å²) in [6.45, 7) is 5.32. The van der Waals surface area contributed by atoms with Crippen LogP contribution in [0, 0.1) is 0 Å². The van der Waals surface area contributed by atoms with E-state index in [0.717, 1.165) is 63.9 Å². The number of nitrogens with one attached hydrogen (secondary N) is 3. The maximum absolute atomic E-state index is 11.1. The first-order chi connectivity index (χ1) is 17.5. The van der Waals surface area contributed by atoms with Crippen LogP contribution in [0.25, 0.3) is 22.0 Å². The van der Waals surface area contributed by atoms with E-state index in [2.05, 4.69) is 20.6 Å². The maximum Gasteiger partial charge on any atom is 0.216 e. The highest BCUT2D eigenvalue weighted by molar-refractivity contribution is 5.83. The zero-order valence-electron chi connectivity index (χ0n) is 20.7. The molecule has 1 aromatic carbocycles. The lowest BCUT2D eigenvalue weighted by atomic mass is 10.1. The number of fused-ring (bicyclic) bond motifs is 2. The summed E-state index contributed by atoms with van der Waals surface area (Å²) in [6.07, 6.45) is 8.50. The van der Waals surface area contributed by atoms with E-state index >= 15 is 0 Å². The highest BCUT2D eigenvalue weighted by Gasteiger charge is 2.09. The molecule has 0 bridgehead atoms. The summed E-state index contributed by atoms with van der Waals surface area (Å²) in [5, 5.41) is 7.63. The van der Waals surface area contributed by atoms with Gasteiger partial charge in [-0.3, -0.25) is 9.59 Å². The number of unbranched alkanes of at least 4 members (excludes halogenated alkanes) is 1. The van der Waals surface area contributed by atoms with Gasteiger partial charge in [-0.15, -0.1) is 0 Å². The van der Waals surface area contributed by atoms with Crippen molar-refractivity contribution in [2.45, 2.75) is 39.5 Å². The van der Waals surface area contributed by atoms with E-state index in [1.54, 1.807) is 12.5 Å². The van der Waals surface area contributed by atoms with Gasteiger partial charge in [0.05, 0.1) is 25.7 Å². The van der Waals surface area contributed by atoms with Gasteiger partial charge in [0.2, 0.25) is 11.8 Å². The first-order valence-electron chi connectivity index (χ1n) is 12.2. The summed E-state index contributed by atoms with van der Waals surface area (Å²) in [6, 6.07) is 7.79. The summed E-state index contributed by atoms with van der Waals surface area (Å²) in [7, 11) is 0. The topological polar surface area (TPSA) is 118 Å². The molecule has 3 heterocycles. The van der Waals surface area contributed by atoms with E-state index in [1.807, 2.05) is 30.5 Å². The van der Waals surface area contributed by atoms with E-state index in [9.17, 15) is 9.59 Å². The Hall–Kier alpha value is -4.01. The third kappa shape index (κ3) is 6.78. The Kier molecular flexibility index (Phi) is 8.44. The van der Waals surface area contributed by atoms with Gasteiger partial charge < -0.3 is 29.5 Å². The predicted molar refractivity (Wildman–Crippen MR) is 137 cm³/mol. The molecular weight excluding hydrogens is 460 g/mol. The first-order valence-corrected chi connectivity index (χ1v) is 12.2. The Bertz CT molecular complexity index is 1220. The SMILES string of the molecule is CC(=O)NCCc1c[nH]c2ncc(OCCCCOc3ccc4occ(CCNC(C)=O)c4c3)cc12. The van der Waals surface area contributed by atoms with Crippen LogP contribution >= 0.6 is 0 Å². The van der Waals surface area contributed by atoms with Gasteiger partial charge in [0.1, 0.15) is 22.7 Å².